The molecule has 3 aromatic heterocycles. The van der Waals surface area contributed by atoms with Gasteiger partial charge in [-0.3, -0.25) is 0 Å². The molecule has 0 fully saturated rings. The Hall–Kier alpha value is -3.62. The number of fused-ring (bicyclic) bond motifs is 1. The molecule has 4 aromatic rings. The molecule has 3 heterocycles. The van der Waals surface area contributed by atoms with Crippen LogP contribution >= 0.6 is 0 Å². The first-order valence-electron chi connectivity index (χ1n) is 9.28. The van der Waals surface area contributed by atoms with Gasteiger partial charge in [0.05, 0.1) is 29.8 Å². The normalized spacial score (nSPS) is 11.7. The highest BCUT2D eigenvalue weighted by atomic mass is 19.4. The van der Waals surface area contributed by atoms with Gasteiger partial charge in [0.25, 0.3) is 0 Å². The van der Waals surface area contributed by atoms with Crippen LogP contribution in [0, 0.1) is 0 Å². The van der Waals surface area contributed by atoms with Crippen LogP contribution in [-0.2, 0) is 6.18 Å². The number of hydrogen-bond acceptors (Lipinski definition) is 5. The van der Waals surface area contributed by atoms with E-state index in [9.17, 15) is 13.2 Å². The summed E-state index contributed by atoms with van der Waals surface area (Å²) in [7, 11) is 0. The van der Waals surface area contributed by atoms with E-state index in [0.29, 0.717) is 23.6 Å². The molecule has 0 saturated carbocycles. The number of anilines is 1. The fraction of sp³-hybridized carbons (Fsp3) is 0.190. The monoisotopic (exact) mass is 413 g/mol. The van der Waals surface area contributed by atoms with E-state index < -0.39 is 17.6 Å². The fourth-order valence-corrected chi connectivity index (χ4v) is 3.01. The van der Waals surface area contributed by atoms with Crippen molar-refractivity contribution in [1.29, 1.82) is 0 Å². The Labute approximate surface area is 170 Å². The van der Waals surface area contributed by atoms with Crippen molar-refractivity contribution in [3.8, 4) is 28.3 Å². The lowest BCUT2D eigenvalue weighted by Crippen LogP contribution is -2.10. The Balaban J connectivity index is 1.74. The van der Waals surface area contributed by atoms with Crippen LogP contribution in [0.15, 0.2) is 54.9 Å². The summed E-state index contributed by atoms with van der Waals surface area (Å²) in [5.41, 5.74) is 7.06. The van der Waals surface area contributed by atoms with Gasteiger partial charge in [0.2, 0.25) is 0 Å². The Kier molecular flexibility index (Phi) is 5.03. The zero-order valence-electron chi connectivity index (χ0n) is 16.0. The van der Waals surface area contributed by atoms with Crippen molar-refractivity contribution in [2.24, 2.45) is 0 Å². The van der Waals surface area contributed by atoms with Gasteiger partial charge in [-0.05, 0) is 48.9 Å². The first-order chi connectivity index (χ1) is 14.4. The van der Waals surface area contributed by atoms with Crippen LogP contribution in [0.1, 0.15) is 18.9 Å². The first kappa shape index (κ1) is 19.7. The molecule has 0 bridgehead atoms. The minimum Gasteiger partial charge on any atom is -0.494 e. The summed E-state index contributed by atoms with van der Waals surface area (Å²) < 4.78 is 46.7. The highest BCUT2D eigenvalue weighted by Crippen LogP contribution is 2.35. The number of nitrogen functional groups attached to an aromatic ring is 1. The number of nitrogens with zero attached hydrogens (tertiary/aromatic N) is 4. The van der Waals surface area contributed by atoms with E-state index in [1.165, 1.54) is 6.20 Å². The lowest BCUT2D eigenvalue weighted by molar-refractivity contribution is -0.137. The van der Waals surface area contributed by atoms with Crippen LogP contribution in [-0.4, -0.2) is 26.2 Å². The Morgan fingerprint density at radius 2 is 1.77 bits per heavy atom. The number of hydrogen-bond donors (Lipinski definition) is 1. The predicted octanol–water partition coefficient (Wildman–Crippen LogP) is 4.85. The molecule has 9 heteroatoms. The molecule has 154 valence electrons. The molecule has 0 aliphatic rings. The minimum atomic E-state index is -4.60. The Morgan fingerprint density at radius 3 is 2.47 bits per heavy atom. The van der Waals surface area contributed by atoms with Crippen LogP contribution in [0.4, 0.5) is 19.0 Å². The van der Waals surface area contributed by atoms with Crippen LogP contribution in [0.2, 0.25) is 0 Å². The number of halogens is 3. The smallest absolute Gasteiger partial charge is 0.419 e. The van der Waals surface area contributed by atoms with Crippen LogP contribution in [0.25, 0.3) is 28.2 Å². The third kappa shape index (κ3) is 3.78. The summed E-state index contributed by atoms with van der Waals surface area (Å²) in [5.74, 6) is 0.191. The third-order valence-corrected chi connectivity index (χ3v) is 4.50. The van der Waals surface area contributed by atoms with E-state index in [1.807, 2.05) is 31.2 Å². The van der Waals surface area contributed by atoms with Gasteiger partial charge in [-0.25, -0.2) is 14.5 Å². The number of ether oxygens (including phenoxy) is 1. The number of rotatable bonds is 5. The van der Waals surface area contributed by atoms with E-state index in [1.54, 1.807) is 22.8 Å². The molecule has 0 aliphatic heterocycles. The third-order valence-electron chi connectivity index (χ3n) is 4.50. The SMILES string of the molecule is CCCOc1ccc(-c2cnc3ccc(-c4cnc(N)c(C(F)(F)F)c4)nn23)cc1. The van der Waals surface area contributed by atoms with Gasteiger partial charge < -0.3 is 10.5 Å². The molecular weight excluding hydrogens is 395 g/mol. The molecule has 0 saturated heterocycles. The van der Waals surface area contributed by atoms with E-state index in [0.717, 1.165) is 23.8 Å². The number of imidazole rings is 1. The van der Waals surface area contributed by atoms with E-state index in [4.69, 9.17) is 10.5 Å². The molecule has 1 aromatic carbocycles. The molecule has 0 spiro atoms. The van der Waals surface area contributed by atoms with Gasteiger partial charge in [-0.2, -0.15) is 18.3 Å². The standard InChI is InChI=1S/C21H18F3N5O/c1-2-9-30-15-5-3-13(4-6-15)18-12-26-19-8-7-17(28-29(18)19)14-10-16(21(22,23)24)20(25)27-11-14/h3-8,10-12H,2,9H2,1H3,(H2,25,27). The lowest BCUT2D eigenvalue weighted by Gasteiger charge is -2.11. The molecule has 30 heavy (non-hydrogen) atoms. The van der Waals surface area contributed by atoms with Gasteiger partial charge in [0, 0.05) is 17.3 Å². The summed E-state index contributed by atoms with van der Waals surface area (Å²) in [6.45, 7) is 2.67. The van der Waals surface area contributed by atoms with Crippen molar-refractivity contribution in [3.05, 3.63) is 60.4 Å². The summed E-state index contributed by atoms with van der Waals surface area (Å²) in [6.07, 6.45) is -0.748. The van der Waals surface area contributed by atoms with Gasteiger partial charge in [-0.1, -0.05) is 6.92 Å². The molecular formula is C21H18F3N5O. The van der Waals surface area contributed by atoms with Gasteiger partial charge >= 0.3 is 6.18 Å². The van der Waals surface area contributed by atoms with E-state index in [-0.39, 0.29) is 5.56 Å². The van der Waals surface area contributed by atoms with Crippen molar-refractivity contribution in [1.82, 2.24) is 19.6 Å². The zero-order valence-corrected chi connectivity index (χ0v) is 16.0. The summed E-state index contributed by atoms with van der Waals surface area (Å²) in [4.78, 5) is 8.01. The average molecular weight is 413 g/mol. The summed E-state index contributed by atoms with van der Waals surface area (Å²) in [6, 6.07) is 11.7. The van der Waals surface area contributed by atoms with Crippen LogP contribution in [0.3, 0.4) is 0 Å². The Bertz CT molecular complexity index is 1190. The molecule has 0 atom stereocenters. The van der Waals surface area contributed by atoms with Crippen molar-refractivity contribution >= 4 is 11.5 Å². The molecule has 6 nitrogen and oxygen atoms in total. The van der Waals surface area contributed by atoms with Crippen molar-refractivity contribution in [3.63, 3.8) is 0 Å². The number of alkyl halides is 3. The minimum absolute atomic E-state index is 0.210. The maximum Gasteiger partial charge on any atom is 0.419 e. The number of nitrogens with two attached hydrogens (primary N) is 1. The van der Waals surface area contributed by atoms with Crippen LogP contribution < -0.4 is 10.5 Å². The van der Waals surface area contributed by atoms with E-state index in [2.05, 4.69) is 15.1 Å². The maximum atomic E-state index is 13.2. The lowest BCUT2D eigenvalue weighted by atomic mass is 10.1. The highest BCUT2D eigenvalue weighted by molar-refractivity contribution is 5.67. The quantitative estimate of drug-likeness (QED) is 0.506. The second-order valence-electron chi connectivity index (χ2n) is 6.66. The predicted molar refractivity (Wildman–Crippen MR) is 107 cm³/mol. The second kappa shape index (κ2) is 7.66. The topological polar surface area (TPSA) is 78.3 Å². The first-order valence-corrected chi connectivity index (χ1v) is 9.28. The molecule has 0 unspecified atom stereocenters. The molecule has 0 aliphatic carbocycles. The average Bonchev–Trinajstić information content (AvgIpc) is 3.15. The zero-order chi connectivity index (χ0) is 21.3. The van der Waals surface area contributed by atoms with Gasteiger partial charge in [0.1, 0.15) is 11.6 Å². The largest absolute Gasteiger partial charge is 0.494 e. The molecule has 0 amide bonds. The Morgan fingerprint density at radius 1 is 1.00 bits per heavy atom. The summed E-state index contributed by atoms with van der Waals surface area (Å²) in [5, 5.41) is 4.48. The number of aromatic nitrogens is 4. The van der Waals surface area contributed by atoms with Crippen molar-refractivity contribution in [2.75, 3.05) is 12.3 Å². The fourth-order valence-electron chi connectivity index (χ4n) is 3.01. The summed E-state index contributed by atoms with van der Waals surface area (Å²) >= 11 is 0. The number of benzene rings is 1. The second-order valence-corrected chi connectivity index (χ2v) is 6.66. The maximum absolute atomic E-state index is 13.2. The molecule has 4 rings (SSSR count). The highest BCUT2D eigenvalue weighted by Gasteiger charge is 2.34. The van der Waals surface area contributed by atoms with E-state index >= 15 is 0 Å². The number of pyridine rings is 1. The molecule has 2 N–H and O–H groups in total. The van der Waals surface area contributed by atoms with Gasteiger partial charge in [0.15, 0.2) is 5.65 Å². The van der Waals surface area contributed by atoms with Gasteiger partial charge in [-0.15, -0.1) is 0 Å². The van der Waals surface area contributed by atoms with Crippen molar-refractivity contribution in [2.45, 2.75) is 19.5 Å². The van der Waals surface area contributed by atoms with Crippen molar-refractivity contribution < 1.29 is 17.9 Å². The molecule has 0 radical (unpaired) electrons. The van der Waals surface area contributed by atoms with Crippen LogP contribution in [0.5, 0.6) is 5.75 Å².